The van der Waals surface area contributed by atoms with Crippen LogP contribution in [0.4, 0.5) is 0 Å². The van der Waals surface area contributed by atoms with Crippen LogP contribution in [-0.2, 0) is 18.9 Å². The van der Waals surface area contributed by atoms with E-state index in [-0.39, 0.29) is 13.0 Å². The first-order chi connectivity index (χ1) is 15.5. The zero-order valence-corrected chi connectivity index (χ0v) is 17.9. The molecule has 194 valence electrons. The fraction of sp³-hybridized carbons (Fsp3) is 1.00. The van der Waals surface area contributed by atoms with Gasteiger partial charge < -0.3 is 77.6 Å². The molecule has 0 radical (unpaired) electrons. The van der Waals surface area contributed by atoms with E-state index in [9.17, 15) is 35.7 Å². The average Bonchev–Trinajstić information content (AvgIpc) is 2.79. The van der Waals surface area contributed by atoms with Crippen molar-refractivity contribution >= 4 is 0 Å². The molecule has 33 heavy (non-hydrogen) atoms. The molecule has 0 amide bonds. The summed E-state index contributed by atoms with van der Waals surface area (Å²) in [6.07, 6.45) is -16.4. The van der Waals surface area contributed by atoms with Crippen molar-refractivity contribution in [1.29, 1.82) is 0 Å². The third-order valence-electron chi connectivity index (χ3n) is 6.47. The summed E-state index contributed by atoms with van der Waals surface area (Å²) in [6.45, 7) is -0.786. The van der Waals surface area contributed by atoms with Crippen LogP contribution < -0.4 is 22.9 Å². The maximum atomic E-state index is 10.9. The summed E-state index contributed by atoms with van der Waals surface area (Å²) in [7, 11) is 0. The topological polar surface area (TPSA) is 283 Å². The summed E-state index contributed by atoms with van der Waals surface area (Å²) in [5, 5.41) is 70.6. The van der Waals surface area contributed by atoms with E-state index in [4.69, 9.17) is 41.9 Å². The molecule has 0 spiro atoms. The fourth-order valence-corrected chi connectivity index (χ4v) is 4.40. The largest absolute Gasteiger partial charge is 0.394 e. The molecule has 3 rings (SSSR count). The van der Waals surface area contributed by atoms with Gasteiger partial charge in [0.1, 0.15) is 61.0 Å². The molecular formula is C18H36N4O11. The van der Waals surface area contributed by atoms with Crippen LogP contribution in [0.1, 0.15) is 6.42 Å². The predicted molar refractivity (Wildman–Crippen MR) is 108 cm³/mol. The van der Waals surface area contributed by atoms with E-state index in [1.54, 1.807) is 0 Å². The highest BCUT2D eigenvalue weighted by molar-refractivity contribution is 5.01. The van der Waals surface area contributed by atoms with Crippen LogP contribution in [0.15, 0.2) is 0 Å². The number of aliphatic hydroxyl groups excluding tert-OH is 7. The summed E-state index contributed by atoms with van der Waals surface area (Å²) in [5.41, 5.74) is 23.6. The Bertz CT molecular complexity index is 584. The Kier molecular flexibility index (Phi) is 8.99. The van der Waals surface area contributed by atoms with Crippen molar-refractivity contribution in [2.24, 2.45) is 22.9 Å². The van der Waals surface area contributed by atoms with Crippen LogP contribution in [0.5, 0.6) is 0 Å². The van der Waals surface area contributed by atoms with Crippen molar-refractivity contribution in [3.05, 3.63) is 0 Å². The van der Waals surface area contributed by atoms with Gasteiger partial charge in [-0.1, -0.05) is 0 Å². The Hall–Kier alpha value is -0.600. The van der Waals surface area contributed by atoms with Gasteiger partial charge in [0.25, 0.3) is 0 Å². The quantitative estimate of drug-likeness (QED) is 0.167. The molecule has 1 saturated carbocycles. The summed E-state index contributed by atoms with van der Waals surface area (Å²) < 4.78 is 22.3. The minimum Gasteiger partial charge on any atom is -0.394 e. The first kappa shape index (κ1) is 27.0. The maximum Gasteiger partial charge on any atom is 0.187 e. The van der Waals surface area contributed by atoms with Crippen LogP contribution in [0.2, 0.25) is 0 Å². The Morgan fingerprint density at radius 3 is 1.73 bits per heavy atom. The van der Waals surface area contributed by atoms with Crippen LogP contribution >= 0.6 is 0 Å². The van der Waals surface area contributed by atoms with Gasteiger partial charge in [0.05, 0.1) is 12.6 Å². The molecule has 15 heteroatoms. The molecule has 0 aromatic heterocycles. The highest BCUT2D eigenvalue weighted by Gasteiger charge is 2.51. The molecule has 0 bridgehead atoms. The number of hydrogen-bond acceptors (Lipinski definition) is 15. The highest BCUT2D eigenvalue weighted by Crippen LogP contribution is 2.31. The summed E-state index contributed by atoms with van der Waals surface area (Å²) in [4.78, 5) is 0. The van der Waals surface area contributed by atoms with Crippen molar-refractivity contribution < 1.29 is 54.7 Å². The van der Waals surface area contributed by atoms with Gasteiger partial charge in [0.15, 0.2) is 12.6 Å². The number of hydrogen-bond donors (Lipinski definition) is 11. The normalized spacial score (nSPS) is 53.7. The second kappa shape index (κ2) is 11.0. The van der Waals surface area contributed by atoms with Gasteiger partial charge in [-0.05, 0) is 6.42 Å². The average molecular weight is 485 g/mol. The van der Waals surface area contributed by atoms with Gasteiger partial charge in [-0.25, -0.2) is 0 Å². The second-order valence-electron chi connectivity index (χ2n) is 8.79. The van der Waals surface area contributed by atoms with Gasteiger partial charge in [-0.3, -0.25) is 0 Å². The van der Waals surface area contributed by atoms with Crippen LogP contribution in [0.25, 0.3) is 0 Å². The van der Waals surface area contributed by atoms with E-state index in [0.29, 0.717) is 0 Å². The second-order valence-corrected chi connectivity index (χ2v) is 8.79. The zero-order valence-electron chi connectivity index (χ0n) is 17.9. The highest BCUT2D eigenvalue weighted by atomic mass is 16.7. The van der Waals surface area contributed by atoms with E-state index < -0.39 is 98.4 Å². The van der Waals surface area contributed by atoms with Crippen LogP contribution in [0.3, 0.4) is 0 Å². The molecule has 3 aliphatic rings. The number of ether oxygens (including phenoxy) is 4. The lowest BCUT2D eigenvalue weighted by molar-refractivity contribution is -0.328. The molecule has 0 unspecified atom stereocenters. The van der Waals surface area contributed by atoms with Crippen molar-refractivity contribution in [1.82, 2.24) is 0 Å². The number of aliphatic hydroxyl groups is 7. The summed E-state index contributed by atoms with van der Waals surface area (Å²) in [5.74, 6) is 0. The van der Waals surface area contributed by atoms with Crippen molar-refractivity contribution in [3.63, 3.8) is 0 Å². The first-order valence-corrected chi connectivity index (χ1v) is 10.8. The van der Waals surface area contributed by atoms with Crippen LogP contribution in [0, 0.1) is 0 Å². The molecular weight excluding hydrogens is 448 g/mol. The van der Waals surface area contributed by atoms with Crippen molar-refractivity contribution in [2.45, 2.75) is 98.2 Å². The number of nitrogens with two attached hydrogens (primary N) is 4. The third kappa shape index (κ3) is 5.32. The molecule has 2 heterocycles. The Labute approximate surface area is 189 Å². The van der Waals surface area contributed by atoms with Crippen molar-refractivity contribution in [3.8, 4) is 0 Å². The van der Waals surface area contributed by atoms with Crippen molar-refractivity contribution in [2.75, 3.05) is 13.2 Å². The van der Waals surface area contributed by atoms with Gasteiger partial charge >= 0.3 is 0 Å². The number of rotatable bonds is 6. The molecule has 3 fully saturated rings. The van der Waals surface area contributed by atoms with Crippen LogP contribution in [-0.4, -0.2) is 141 Å². The lowest BCUT2D eigenvalue weighted by atomic mass is 9.84. The van der Waals surface area contributed by atoms with Gasteiger partial charge in [0, 0.05) is 18.6 Å². The summed E-state index contributed by atoms with van der Waals surface area (Å²) >= 11 is 0. The fourth-order valence-electron chi connectivity index (χ4n) is 4.40. The molecule has 15 atom stereocenters. The molecule has 1 aliphatic carbocycles. The van der Waals surface area contributed by atoms with Gasteiger partial charge in [-0.15, -0.1) is 0 Å². The standard InChI is InChI=1S/C18H36N4O11/c19-2-6-9(24)12(27)13(28)18(30-6)33-16-5(21)1-4(20)15(14(16)29)32-17-8(22)11(26)10(25)7(3-23)31-17/h4-18,23-29H,1-3,19-22H2/t4-,5+,6-,7-,8-,9-,10-,11-,12+,13-,14-,15+,16-,17-,18-/m1/s1. The predicted octanol–water partition coefficient (Wildman–Crippen LogP) is -7.29. The van der Waals surface area contributed by atoms with E-state index in [1.165, 1.54) is 0 Å². The van der Waals surface area contributed by atoms with Gasteiger partial charge in [-0.2, -0.15) is 0 Å². The van der Waals surface area contributed by atoms with E-state index >= 15 is 0 Å². The Morgan fingerprint density at radius 2 is 1.18 bits per heavy atom. The van der Waals surface area contributed by atoms with Gasteiger partial charge in [0.2, 0.25) is 0 Å². The molecule has 15 N–H and O–H groups in total. The van der Waals surface area contributed by atoms with E-state index in [2.05, 4.69) is 0 Å². The van der Waals surface area contributed by atoms with E-state index in [1.807, 2.05) is 0 Å². The van der Waals surface area contributed by atoms with E-state index in [0.717, 1.165) is 0 Å². The molecule has 0 aromatic carbocycles. The minimum atomic E-state index is -1.66. The Morgan fingerprint density at radius 1 is 0.667 bits per heavy atom. The lowest BCUT2D eigenvalue weighted by Gasteiger charge is -2.48. The monoisotopic (exact) mass is 484 g/mol. The molecule has 2 saturated heterocycles. The Balaban J connectivity index is 1.72. The first-order valence-electron chi connectivity index (χ1n) is 10.8. The molecule has 15 nitrogen and oxygen atoms in total. The zero-order chi connectivity index (χ0) is 24.6. The minimum absolute atomic E-state index is 0.0945. The smallest absolute Gasteiger partial charge is 0.187 e. The SMILES string of the molecule is NC[C@H]1O[C@H](O[C@H]2[C@H](O)[C@@H](O[C@H]3O[C@H](CO)[C@@H](O)[C@H](O)[C@H]3N)[C@H](N)C[C@@H]2N)[C@H](O)[C@@H](O)[C@@H]1O. The summed E-state index contributed by atoms with van der Waals surface area (Å²) in [6, 6.07) is -2.87. The lowest BCUT2D eigenvalue weighted by Crippen LogP contribution is -2.68. The third-order valence-corrected chi connectivity index (χ3v) is 6.47. The molecule has 2 aliphatic heterocycles. The molecule has 0 aromatic rings. The maximum absolute atomic E-state index is 10.9.